The van der Waals surface area contributed by atoms with Gasteiger partial charge in [-0.2, -0.15) is 0 Å². The number of hydrogen-bond donors (Lipinski definition) is 1. The summed E-state index contributed by atoms with van der Waals surface area (Å²) < 4.78 is 31.7. The van der Waals surface area contributed by atoms with Crippen molar-refractivity contribution in [3.05, 3.63) is 54.4 Å². The van der Waals surface area contributed by atoms with Crippen LogP contribution in [0.2, 0.25) is 0 Å². The van der Waals surface area contributed by atoms with Crippen molar-refractivity contribution >= 4 is 22.4 Å². The van der Waals surface area contributed by atoms with Gasteiger partial charge in [-0.3, -0.25) is 0 Å². The lowest BCUT2D eigenvalue weighted by atomic mass is 10.2. The molecule has 0 unspecified atom stereocenters. The maximum absolute atomic E-state index is 13.7. The Bertz CT molecular complexity index is 808. The second kappa shape index (κ2) is 5.32. The van der Waals surface area contributed by atoms with E-state index in [1.165, 1.54) is 18.5 Å². The third kappa shape index (κ3) is 2.60. The van der Waals surface area contributed by atoms with Crippen molar-refractivity contribution < 1.29 is 13.5 Å². The number of halogens is 2. The molecule has 0 bridgehead atoms. The average molecular weight is 287 g/mol. The van der Waals surface area contributed by atoms with Crippen LogP contribution in [0.25, 0.3) is 10.9 Å². The molecule has 1 heterocycles. The van der Waals surface area contributed by atoms with E-state index in [-0.39, 0.29) is 5.69 Å². The molecular formula is C15H11F2N3O. The van der Waals surface area contributed by atoms with E-state index < -0.39 is 11.6 Å². The first kappa shape index (κ1) is 13.2. The van der Waals surface area contributed by atoms with Gasteiger partial charge < -0.3 is 10.1 Å². The van der Waals surface area contributed by atoms with Gasteiger partial charge in [-0.05, 0) is 24.3 Å². The van der Waals surface area contributed by atoms with E-state index >= 15 is 0 Å². The smallest absolute Gasteiger partial charge is 0.149 e. The highest BCUT2D eigenvalue weighted by Gasteiger charge is 2.08. The lowest BCUT2D eigenvalue weighted by molar-refractivity contribution is 0.415. The SMILES string of the molecule is COc1ccc2c(Nc3ccc(F)cc3F)ncnc2c1. The molecule has 0 radical (unpaired) electrons. The van der Waals surface area contributed by atoms with Gasteiger partial charge in [-0.25, -0.2) is 18.7 Å². The summed E-state index contributed by atoms with van der Waals surface area (Å²) in [5.41, 5.74) is 0.807. The molecule has 3 rings (SSSR count). The highest BCUT2D eigenvalue weighted by atomic mass is 19.1. The largest absolute Gasteiger partial charge is 0.497 e. The molecule has 0 atom stereocenters. The molecular weight excluding hydrogens is 276 g/mol. The molecule has 0 saturated carbocycles. The quantitative estimate of drug-likeness (QED) is 0.798. The van der Waals surface area contributed by atoms with Crippen molar-refractivity contribution in [2.24, 2.45) is 0 Å². The van der Waals surface area contributed by atoms with Crippen LogP contribution < -0.4 is 10.1 Å². The fourth-order valence-corrected chi connectivity index (χ4v) is 1.98. The minimum Gasteiger partial charge on any atom is -0.497 e. The van der Waals surface area contributed by atoms with E-state index in [2.05, 4.69) is 15.3 Å². The minimum atomic E-state index is -0.685. The highest BCUT2D eigenvalue weighted by Crippen LogP contribution is 2.27. The fourth-order valence-electron chi connectivity index (χ4n) is 1.98. The number of fused-ring (bicyclic) bond motifs is 1. The third-order valence-electron chi connectivity index (χ3n) is 3.03. The molecule has 0 fully saturated rings. The van der Waals surface area contributed by atoms with Crippen LogP contribution in [-0.4, -0.2) is 17.1 Å². The van der Waals surface area contributed by atoms with Crippen molar-refractivity contribution in [3.63, 3.8) is 0 Å². The predicted octanol–water partition coefficient (Wildman–Crippen LogP) is 3.66. The topological polar surface area (TPSA) is 47.0 Å². The first-order valence-corrected chi connectivity index (χ1v) is 6.18. The summed E-state index contributed by atoms with van der Waals surface area (Å²) in [7, 11) is 1.56. The first-order valence-electron chi connectivity index (χ1n) is 6.18. The first-order chi connectivity index (χ1) is 10.2. The van der Waals surface area contributed by atoms with E-state index in [4.69, 9.17) is 4.74 Å². The third-order valence-corrected chi connectivity index (χ3v) is 3.03. The van der Waals surface area contributed by atoms with Gasteiger partial charge in [0.25, 0.3) is 0 Å². The highest BCUT2D eigenvalue weighted by molar-refractivity contribution is 5.91. The van der Waals surface area contributed by atoms with Crippen molar-refractivity contribution in [3.8, 4) is 5.75 Å². The molecule has 21 heavy (non-hydrogen) atoms. The predicted molar refractivity (Wildman–Crippen MR) is 75.7 cm³/mol. The summed E-state index contributed by atoms with van der Waals surface area (Å²) in [5, 5.41) is 3.56. The van der Waals surface area contributed by atoms with E-state index in [0.29, 0.717) is 22.5 Å². The van der Waals surface area contributed by atoms with Gasteiger partial charge >= 0.3 is 0 Å². The molecule has 0 spiro atoms. The maximum atomic E-state index is 13.7. The Morgan fingerprint density at radius 1 is 1.05 bits per heavy atom. The average Bonchev–Trinajstić information content (AvgIpc) is 2.49. The fraction of sp³-hybridized carbons (Fsp3) is 0.0667. The van der Waals surface area contributed by atoms with Gasteiger partial charge in [-0.1, -0.05) is 0 Å². The van der Waals surface area contributed by atoms with E-state index in [0.717, 1.165) is 6.07 Å². The number of methoxy groups -OCH3 is 1. The number of rotatable bonds is 3. The summed E-state index contributed by atoms with van der Waals surface area (Å²) >= 11 is 0. The molecule has 1 aromatic heterocycles. The summed E-state index contributed by atoms with van der Waals surface area (Å²) in [5.74, 6) is -0.209. The summed E-state index contributed by atoms with van der Waals surface area (Å²) in [6.45, 7) is 0. The Morgan fingerprint density at radius 3 is 2.67 bits per heavy atom. The van der Waals surface area contributed by atoms with Crippen molar-refractivity contribution in [2.75, 3.05) is 12.4 Å². The van der Waals surface area contributed by atoms with Crippen LogP contribution in [0.1, 0.15) is 0 Å². The van der Waals surface area contributed by atoms with Crippen LogP contribution in [0.4, 0.5) is 20.3 Å². The Morgan fingerprint density at radius 2 is 1.90 bits per heavy atom. The van der Waals surface area contributed by atoms with E-state index in [1.54, 1.807) is 25.3 Å². The zero-order valence-corrected chi connectivity index (χ0v) is 11.1. The molecule has 106 valence electrons. The molecule has 0 aliphatic carbocycles. The molecule has 0 amide bonds. The van der Waals surface area contributed by atoms with Gasteiger partial charge in [0.15, 0.2) is 0 Å². The van der Waals surface area contributed by atoms with Crippen molar-refractivity contribution in [1.29, 1.82) is 0 Å². The van der Waals surface area contributed by atoms with Crippen LogP contribution in [0.15, 0.2) is 42.7 Å². The molecule has 0 aliphatic heterocycles. The van der Waals surface area contributed by atoms with Crippen LogP contribution >= 0.6 is 0 Å². The minimum absolute atomic E-state index is 0.146. The number of ether oxygens (including phenoxy) is 1. The Hall–Kier alpha value is -2.76. The Labute approximate surface area is 119 Å². The number of aromatic nitrogens is 2. The molecule has 2 aromatic carbocycles. The summed E-state index contributed by atoms with van der Waals surface area (Å²) in [4.78, 5) is 8.24. The van der Waals surface area contributed by atoms with Crippen molar-refractivity contribution in [1.82, 2.24) is 9.97 Å². The summed E-state index contributed by atoms with van der Waals surface area (Å²) in [6.07, 6.45) is 1.37. The molecule has 3 aromatic rings. The van der Waals surface area contributed by atoms with Crippen LogP contribution in [0, 0.1) is 11.6 Å². The lowest BCUT2D eigenvalue weighted by Crippen LogP contribution is -1.98. The lowest BCUT2D eigenvalue weighted by Gasteiger charge is -2.10. The molecule has 4 nitrogen and oxygen atoms in total. The number of benzene rings is 2. The van der Waals surface area contributed by atoms with Gasteiger partial charge in [-0.15, -0.1) is 0 Å². The maximum Gasteiger partial charge on any atom is 0.149 e. The number of hydrogen-bond acceptors (Lipinski definition) is 4. The molecule has 0 saturated heterocycles. The zero-order valence-electron chi connectivity index (χ0n) is 11.1. The van der Waals surface area contributed by atoms with Gasteiger partial charge in [0.1, 0.15) is 29.5 Å². The van der Waals surface area contributed by atoms with Crippen LogP contribution in [0.3, 0.4) is 0 Å². The Kier molecular flexibility index (Phi) is 3.35. The standard InChI is InChI=1S/C15H11F2N3O/c1-21-10-3-4-11-14(7-10)18-8-19-15(11)20-13-5-2-9(16)6-12(13)17/h2-8H,1H3,(H,18,19,20). The van der Waals surface area contributed by atoms with E-state index in [1.807, 2.05) is 0 Å². The van der Waals surface area contributed by atoms with E-state index in [9.17, 15) is 8.78 Å². The summed E-state index contributed by atoms with van der Waals surface area (Å²) in [6, 6.07) is 8.60. The van der Waals surface area contributed by atoms with Gasteiger partial charge in [0, 0.05) is 17.5 Å². The normalized spacial score (nSPS) is 10.6. The van der Waals surface area contributed by atoms with Gasteiger partial charge in [0.2, 0.25) is 0 Å². The second-order valence-corrected chi connectivity index (χ2v) is 4.35. The molecule has 1 N–H and O–H groups in total. The second-order valence-electron chi connectivity index (χ2n) is 4.35. The number of nitrogens with zero attached hydrogens (tertiary/aromatic N) is 2. The van der Waals surface area contributed by atoms with Crippen LogP contribution in [0.5, 0.6) is 5.75 Å². The van der Waals surface area contributed by atoms with Crippen molar-refractivity contribution in [2.45, 2.75) is 0 Å². The number of nitrogens with one attached hydrogen (secondary N) is 1. The molecule has 0 aliphatic rings. The van der Waals surface area contributed by atoms with Crippen LogP contribution in [-0.2, 0) is 0 Å². The Balaban J connectivity index is 2.04. The number of anilines is 2. The monoisotopic (exact) mass is 287 g/mol. The zero-order chi connectivity index (χ0) is 14.8. The van der Waals surface area contributed by atoms with Gasteiger partial charge in [0.05, 0.1) is 18.3 Å². The molecule has 6 heteroatoms.